The van der Waals surface area contributed by atoms with E-state index in [1.54, 1.807) is 11.3 Å². The Bertz CT molecular complexity index is 7860. The number of hydrogen-bond acceptors (Lipinski definition) is 10. The van der Waals surface area contributed by atoms with Crippen LogP contribution in [0.25, 0.3) is 168 Å². The second kappa shape index (κ2) is 39.7. The van der Waals surface area contributed by atoms with Crippen molar-refractivity contribution in [2.24, 2.45) is 0 Å². The molecule has 0 saturated carbocycles. The van der Waals surface area contributed by atoms with Crippen LogP contribution in [0.1, 0.15) is 159 Å². The first kappa shape index (κ1) is 94.2. The van der Waals surface area contributed by atoms with Crippen LogP contribution in [0, 0.1) is 0 Å². The van der Waals surface area contributed by atoms with Gasteiger partial charge in [0.25, 0.3) is 0 Å². The van der Waals surface area contributed by atoms with E-state index in [9.17, 15) is 0 Å². The SMILES string of the molecule is CC(C)(C)c1ccc(-c2ccccc2)c2ccccc12.CC(C)(C)c1ccc(-c2ccccn2)cc1.CC(C)(C)c1ccc(-c2ccncc2)cc1.CC(C)(C)c1ccc2c(c1)c1ccccc1n2-c1ccc2ccccc2c1.CC(C)(C)c1nc(-c2ccccc2)nc(-c2ccc3sc4ccccc4c3c2)n1.CC(C)(C)c1nc(-c2ccccc2)nc(-c2cccc3c2sc2ccccc23)n1. The van der Waals surface area contributed by atoms with E-state index in [0.29, 0.717) is 0 Å². The number of para-hydroxylation sites is 1. The van der Waals surface area contributed by atoms with Crippen molar-refractivity contribution in [2.45, 2.75) is 157 Å². The van der Waals surface area contributed by atoms with Gasteiger partial charge in [-0.05, 0) is 179 Å². The first-order valence-electron chi connectivity index (χ1n) is 47.3. The summed E-state index contributed by atoms with van der Waals surface area (Å²) in [5.74, 6) is 4.51. The molecule has 0 radical (unpaired) electrons. The molecule has 7 heterocycles. The van der Waals surface area contributed by atoms with E-state index in [4.69, 9.17) is 29.9 Å². The van der Waals surface area contributed by atoms with Crippen LogP contribution in [-0.4, -0.2) is 44.4 Å². The van der Waals surface area contributed by atoms with Crippen LogP contribution < -0.4 is 0 Å². The Kier molecular flexibility index (Phi) is 27.3. The molecule has 0 fully saturated rings. The highest BCUT2D eigenvalue weighted by atomic mass is 32.1. The van der Waals surface area contributed by atoms with E-state index in [0.717, 1.165) is 62.9 Å². The van der Waals surface area contributed by atoms with Crippen molar-refractivity contribution < 1.29 is 0 Å². The van der Waals surface area contributed by atoms with Gasteiger partial charge in [0.2, 0.25) is 0 Å². The molecular weight excluding hydrogens is 1700 g/mol. The molecule has 7 aromatic heterocycles. The Labute approximate surface area is 815 Å². The van der Waals surface area contributed by atoms with Crippen LogP contribution in [0.15, 0.2) is 395 Å². The third kappa shape index (κ3) is 21.7. The molecule has 22 aromatic rings. The number of fused-ring (bicyclic) bond motifs is 11. The summed E-state index contributed by atoms with van der Waals surface area (Å²) in [6.07, 6.45) is 5.48. The van der Waals surface area contributed by atoms with Crippen molar-refractivity contribution in [1.29, 1.82) is 0 Å². The molecule has 9 nitrogen and oxygen atoms in total. The summed E-state index contributed by atoms with van der Waals surface area (Å²) >= 11 is 3.62. The summed E-state index contributed by atoms with van der Waals surface area (Å²) in [5.41, 5.74) is 21.0. The minimum absolute atomic E-state index is 0.139. The van der Waals surface area contributed by atoms with E-state index in [1.807, 2.05) is 121 Å². The first-order chi connectivity index (χ1) is 65.7. The molecule has 0 spiro atoms. The number of nitrogens with zero attached hydrogens (tertiary/aromatic N) is 9. The van der Waals surface area contributed by atoms with Gasteiger partial charge in [-0.2, -0.15) is 0 Å². The zero-order valence-electron chi connectivity index (χ0n) is 81.9. The molecule has 22 rings (SSSR count). The standard InChI is InChI=1S/C26H23N.2C25H21N3S.C20H20.2C15H17N/c1-26(2,3)20-13-15-25-23(17-20)22-10-6-7-11-24(22)27(25)21-14-12-18-8-4-5-9-19(18)16-21;1-25(2,3)24-27-22(16-10-5-4-6-11-16)26-23(28-24)19-14-9-13-18-17-12-7-8-15-20(17)29-21(18)19;1-25(2,3)24-27-22(16-9-5-4-6-10-16)26-23(28-24)17-13-14-21-19(15-17)18-11-7-8-12-20(18)29-21;1-20(2,3)19-14-13-16(15-9-5-4-6-10-15)17-11-7-8-12-18(17)19;1-15(2,3)14-6-4-12(5-7-14)13-8-10-16-11-9-13;1-15(2,3)13-9-7-12(8-10-13)14-6-4-5-11-16-14/h4-17H,1-3H3;2*4-15H,1-3H3;4-14H,1-3H3;2*4-11H,1-3H3. The topological polar surface area (TPSA) is 108 Å². The molecule has 0 unspecified atom stereocenters. The van der Waals surface area contributed by atoms with Crippen LogP contribution in [0.4, 0.5) is 0 Å². The van der Waals surface area contributed by atoms with Gasteiger partial charge in [-0.25, -0.2) is 29.9 Å². The molecule has 0 aliphatic heterocycles. The average molecular weight is 1820 g/mol. The molecule has 680 valence electrons. The monoisotopic (exact) mass is 1820 g/mol. The number of hydrogen-bond donors (Lipinski definition) is 0. The highest BCUT2D eigenvalue weighted by Crippen LogP contribution is 2.44. The molecule has 15 aromatic carbocycles. The molecule has 0 bridgehead atoms. The Morgan fingerprint density at radius 3 is 1.26 bits per heavy atom. The molecule has 11 heteroatoms. The van der Waals surface area contributed by atoms with Gasteiger partial charge >= 0.3 is 0 Å². The molecular formula is C126H119N9S2. The summed E-state index contributed by atoms with van der Waals surface area (Å²) in [6, 6.07) is 133. The maximum Gasteiger partial charge on any atom is 0.165 e. The van der Waals surface area contributed by atoms with Gasteiger partial charge in [0, 0.05) is 114 Å². The van der Waals surface area contributed by atoms with Crippen molar-refractivity contribution in [3.05, 3.63) is 429 Å². The zero-order chi connectivity index (χ0) is 96.0. The highest BCUT2D eigenvalue weighted by Gasteiger charge is 2.27. The lowest BCUT2D eigenvalue weighted by Crippen LogP contribution is -2.18. The zero-order valence-corrected chi connectivity index (χ0v) is 83.5. The van der Waals surface area contributed by atoms with E-state index in [2.05, 4.69) is 424 Å². The van der Waals surface area contributed by atoms with Crippen LogP contribution in [0.3, 0.4) is 0 Å². The van der Waals surface area contributed by atoms with Crippen LogP contribution in [0.5, 0.6) is 0 Å². The van der Waals surface area contributed by atoms with E-state index < -0.39 is 0 Å². The minimum atomic E-state index is -0.171. The third-order valence-electron chi connectivity index (χ3n) is 24.8. The quantitative estimate of drug-likeness (QED) is 0.148. The molecule has 0 amide bonds. The summed E-state index contributed by atoms with van der Waals surface area (Å²) in [7, 11) is 0. The second-order valence-electron chi connectivity index (χ2n) is 41.2. The van der Waals surface area contributed by atoms with E-state index >= 15 is 0 Å². The van der Waals surface area contributed by atoms with Crippen LogP contribution in [0.2, 0.25) is 0 Å². The van der Waals surface area contributed by atoms with E-state index in [-0.39, 0.29) is 32.5 Å². The van der Waals surface area contributed by atoms with Gasteiger partial charge in [-0.1, -0.05) is 410 Å². The Morgan fingerprint density at radius 1 is 0.226 bits per heavy atom. The van der Waals surface area contributed by atoms with Crippen molar-refractivity contribution in [2.75, 3.05) is 0 Å². The van der Waals surface area contributed by atoms with Gasteiger partial charge in [-0.3, -0.25) is 9.97 Å². The van der Waals surface area contributed by atoms with Crippen molar-refractivity contribution in [1.82, 2.24) is 44.4 Å². The smallest absolute Gasteiger partial charge is 0.165 e. The van der Waals surface area contributed by atoms with Gasteiger partial charge in [0.15, 0.2) is 23.3 Å². The summed E-state index contributed by atoms with van der Waals surface area (Å²) in [4.78, 5) is 37.4. The Balaban J connectivity index is 0.000000116. The van der Waals surface area contributed by atoms with Crippen molar-refractivity contribution in [3.8, 4) is 84.7 Å². The summed E-state index contributed by atoms with van der Waals surface area (Å²) in [5, 5.41) is 12.9. The lowest BCUT2D eigenvalue weighted by atomic mass is 9.82. The van der Waals surface area contributed by atoms with Crippen LogP contribution >= 0.6 is 22.7 Å². The number of pyridine rings is 2. The molecule has 0 saturated heterocycles. The summed E-state index contributed by atoms with van der Waals surface area (Å²) < 4.78 is 7.48. The van der Waals surface area contributed by atoms with Gasteiger partial charge < -0.3 is 4.57 Å². The minimum Gasteiger partial charge on any atom is -0.309 e. The fourth-order valence-corrected chi connectivity index (χ4v) is 19.4. The molecule has 0 aliphatic carbocycles. The Morgan fingerprint density at radius 2 is 0.679 bits per heavy atom. The maximum atomic E-state index is 4.91. The van der Waals surface area contributed by atoms with Gasteiger partial charge in [-0.15, -0.1) is 22.7 Å². The van der Waals surface area contributed by atoms with Gasteiger partial charge in [0.1, 0.15) is 11.6 Å². The first-order valence-corrected chi connectivity index (χ1v) is 49.0. The predicted octanol–water partition coefficient (Wildman–Crippen LogP) is 34.9. The normalized spacial score (nSPS) is 11.9. The molecule has 0 N–H and O–H groups in total. The fraction of sp³-hybridized carbons (Fsp3) is 0.190. The second-order valence-corrected chi connectivity index (χ2v) is 43.4. The highest BCUT2D eigenvalue weighted by molar-refractivity contribution is 7.26. The number of rotatable bonds is 8. The maximum absolute atomic E-state index is 4.91. The molecule has 0 aliphatic rings. The number of aromatic nitrogens is 9. The number of benzene rings is 15. The van der Waals surface area contributed by atoms with Gasteiger partial charge in [0.05, 0.1) is 16.7 Å². The molecule has 137 heavy (non-hydrogen) atoms. The lowest BCUT2D eigenvalue weighted by Gasteiger charge is -2.22. The van der Waals surface area contributed by atoms with Crippen LogP contribution in [-0.2, 0) is 32.5 Å². The van der Waals surface area contributed by atoms with Crippen molar-refractivity contribution in [3.63, 3.8) is 0 Å². The predicted molar refractivity (Wildman–Crippen MR) is 586 cm³/mol. The lowest BCUT2D eigenvalue weighted by molar-refractivity contribution is 0.543. The number of thiophene rings is 2. The molecule has 0 atom stereocenters. The average Bonchev–Trinajstić information content (AvgIpc) is 1.66. The fourth-order valence-electron chi connectivity index (χ4n) is 17.1. The third-order valence-corrected chi connectivity index (χ3v) is 27.2. The van der Waals surface area contributed by atoms with Crippen molar-refractivity contribution >= 4 is 106 Å². The Hall–Kier alpha value is -14.6. The summed E-state index contributed by atoms with van der Waals surface area (Å²) in [6.45, 7) is 39.8. The van der Waals surface area contributed by atoms with E-state index in [1.165, 1.54) is 139 Å². The largest absolute Gasteiger partial charge is 0.309 e.